The minimum Gasteiger partial charge on any atom is -0.497 e. The summed E-state index contributed by atoms with van der Waals surface area (Å²) in [6.45, 7) is 2.72. The van der Waals surface area contributed by atoms with Crippen LogP contribution in [0.15, 0.2) is 24.3 Å². The van der Waals surface area contributed by atoms with Crippen LogP contribution in [0.1, 0.15) is 24.8 Å². The van der Waals surface area contributed by atoms with Crippen molar-refractivity contribution in [2.45, 2.75) is 25.8 Å². The van der Waals surface area contributed by atoms with Crippen LogP contribution in [0.5, 0.6) is 5.75 Å². The lowest BCUT2D eigenvalue weighted by Crippen LogP contribution is -2.45. The van der Waals surface area contributed by atoms with E-state index >= 15 is 0 Å². The number of hydrogen-bond donors (Lipinski definition) is 2. The quantitative estimate of drug-likeness (QED) is 0.790. The third-order valence-corrected chi connectivity index (χ3v) is 3.81. The van der Waals surface area contributed by atoms with Gasteiger partial charge in [-0.25, -0.2) is 0 Å². The lowest BCUT2D eigenvalue weighted by Gasteiger charge is -2.41. The number of methoxy groups -OCH3 is 1. The van der Waals surface area contributed by atoms with E-state index in [4.69, 9.17) is 10.5 Å². The van der Waals surface area contributed by atoms with E-state index in [1.165, 1.54) is 24.8 Å². The predicted molar refractivity (Wildman–Crippen MR) is 70.0 cm³/mol. The summed E-state index contributed by atoms with van der Waals surface area (Å²) in [4.78, 5) is 0. The molecule has 0 saturated heterocycles. The van der Waals surface area contributed by atoms with Crippen LogP contribution in [0.4, 0.5) is 0 Å². The van der Waals surface area contributed by atoms with Crippen molar-refractivity contribution in [3.63, 3.8) is 0 Å². The van der Waals surface area contributed by atoms with Gasteiger partial charge in [0.2, 0.25) is 0 Å². The van der Waals surface area contributed by atoms with Gasteiger partial charge in [0.25, 0.3) is 0 Å². The Bertz CT molecular complexity index is 355. The van der Waals surface area contributed by atoms with Crippen LogP contribution in [-0.2, 0) is 6.54 Å². The van der Waals surface area contributed by atoms with Crippen LogP contribution in [0.3, 0.4) is 0 Å². The van der Waals surface area contributed by atoms with Crippen LogP contribution < -0.4 is 15.8 Å². The van der Waals surface area contributed by atoms with Crippen LogP contribution in [0, 0.1) is 5.41 Å². The zero-order valence-corrected chi connectivity index (χ0v) is 10.5. The first kappa shape index (κ1) is 12.4. The molecule has 1 aliphatic rings. The number of hydrogen-bond acceptors (Lipinski definition) is 3. The molecular weight excluding hydrogens is 212 g/mol. The van der Waals surface area contributed by atoms with E-state index < -0.39 is 0 Å². The summed E-state index contributed by atoms with van der Waals surface area (Å²) in [6.07, 6.45) is 3.88. The second-order valence-corrected chi connectivity index (χ2v) is 5.01. The molecule has 1 saturated carbocycles. The first-order chi connectivity index (χ1) is 8.28. The van der Waals surface area contributed by atoms with Crippen LogP contribution in [-0.4, -0.2) is 20.2 Å². The summed E-state index contributed by atoms with van der Waals surface area (Å²) in [5.41, 5.74) is 7.47. The smallest absolute Gasteiger partial charge is 0.119 e. The maximum absolute atomic E-state index is 5.83. The molecule has 0 unspecified atom stereocenters. The number of rotatable bonds is 6. The third kappa shape index (κ3) is 2.99. The summed E-state index contributed by atoms with van der Waals surface area (Å²) in [5, 5.41) is 3.51. The van der Waals surface area contributed by atoms with Gasteiger partial charge >= 0.3 is 0 Å². The molecule has 0 atom stereocenters. The van der Waals surface area contributed by atoms with Crippen molar-refractivity contribution in [2.24, 2.45) is 11.1 Å². The van der Waals surface area contributed by atoms with Crippen molar-refractivity contribution in [1.29, 1.82) is 0 Å². The van der Waals surface area contributed by atoms with Crippen LogP contribution in [0.25, 0.3) is 0 Å². The Morgan fingerprint density at radius 2 is 2.24 bits per heavy atom. The molecule has 0 amide bonds. The van der Waals surface area contributed by atoms with Crippen molar-refractivity contribution in [3.8, 4) is 5.75 Å². The Hall–Kier alpha value is -1.06. The highest BCUT2D eigenvalue weighted by Gasteiger charge is 2.34. The summed E-state index contributed by atoms with van der Waals surface area (Å²) >= 11 is 0. The molecule has 0 heterocycles. The largest absolute Gasteiger partial charge is 0.497 e. The highest BCUT2D eigenvalue weighted by Crippen LogP contribution is 2.39. The standard InChI is InChI=1S/C14H22N2O/c1-17-13-5-2-4-12(8-13)9-16-11-14(10-15)6-3-7-14/h2,4-5,8,16H,3,6-7,9-11,15H2,1H3. The molecule has 1 aliphatic carbocycles. The minimum atomic E-state index is 0.374. The van der Waals surface area contributed by atoms with E-state index in [1.54, 1.807) is 7.11 Å². The number of ether oxygens (including phenoxy) is 1. The summed E-state index contributed by atoms with van der Waals surface area (Å²) in [6, 6.07) is 8.18. The Morgan fingerprint density at radius 1 is 1.41 bits per heavy atom. The van der Waals surface area contributed by atoms with E-state index in [0.29, 0.717) is 5.41 Å². The Balaban J connectivity index is 1.81. The average Bonchev–Trinajstić information content (AvgIpc) is 2.33. The molecule has 2 rings (SSSR count). The zero-order valence-electron chi connectivity index (χ0n) is 10.5. The first-order valence-electron chi connectivity index (χ1n) is 6.32. The SMILES string of the molecule is COc1cccc(CNCC2(CN)CCC2)c1. The van der Waals surface area contributed by atoms with Crippen LogP contribution in [0.2, 0.25) is 0 Å². The van der Waals surface area contributed by atoms with Gasteiger partial charge in [0.05, 0.1) is 7.11 Å². The molecule has 94 valence electrons. The Kier molecular flexibility index (Phi) is 4.02. The van der Waals surface area contributed by atoms with Crippen molar-refractivity contribution >= 4 is 0 Å². The van der Waals surface area contributed by atoms with Gasteiger partial charge in [-0.2, -0.15) is 0 Å². The molecular formula is C14H22N2O. The monoisotopic (exact) mass is 234 g/mol. The molecule has 3 heteroatoms. The topological polar surface area (TPSA) is 47.3 Å². The fourth-order valence-electron chi connectivity index (χ4n) is 2.38. The van der Waals surface area contributed by atoms with Gasteiger partial charge in [-0.15, -0.1) is 0 Å². The van der Waals surface area contributed by atoms with Gasteiger partial charge in [0.15, 0.2) is 0 Å². The normalized spacial score (nSPS) is 17.5. The van der Waals surface area contributed by atoms with E-state index in [1.807, 2.05) is 12.1 Å². The lowest BCUT2D eigenvalue weighted by atomic mass is 9.69. The lowest BCUT2D eigenvalue weighted by molar-refractivity contribution is 0.141. The molecule has 0 aliphatic heterocycles. The van der Waals surface area contributed by atoms with Crippen molar-refractivity contribution < 1.29 is 4.74 Å². The maximum atomic E-state index is 5.83. The van der Waals surface area contributed by atoms with E-state index in [0.717, 1.165) is 25.4 Å². The molecule has 0 spiro atoms. The Labute approximate surface area is 103 Å². The van der Waals surface area contributed by atoms with E-state index in [-0.39, 0.29) is 0 Å². The van der Waals surface area contributed by atoms with Gasteiger partial charge in [-0.1, -0.05) is 18.6 Å². The van der Waals surface area contributed by atoms with Crippen LogP contribution >= 0.6 is 0 Å². The highest BCUT2D eigenvalue weighted by atomic mass is 16.5. The predicted octanol–water partition coefficient (Wildman–Crippen LogP) is 1.91. The maximum Gasteiger partial charge on any atom is 0.119 e. The summed E-state index contributed by atoms with van der Waals surface area (Å²) in [7, 11) is 1.70. The number of nitrogens with one attached hydrogen (secondary N) is 1. The Morgan fingerprint density at radius 3 is 2.82 bits per heavy atom. The molecule has 1 aromatic rings. The van der Waals surface area contributed by atoms with Gasteiger partial charge in [0.1, 0.15) is 5.75 Å². The van der Waals surface area contributed by atoms with Gasteiger partial charge < -0.3 is 15.8 Å². The molecule has 1 aromatic carbocycles. The molecule has 17 heavy (non-hydrogen) atoms. The summed E-state index contributed by atoms with van der Waals surface area (Å²) < 4.78 is 5.21. The summed E-state index contributed by atoms with van der Waals surface area (Å²) in [5.74, 6) is 0.918. The van der Waals surface area contributed by atoms with Crippen molar-refractivity contribution in [3.05, 3.63) is 29.8 Å². The van der Waals surface area contributed by atoms with Crippen molar-refractivity contribution in [2.75, 3.05) is 20.2 Å². The molecule has 0 aromatic heterocycles. The fraction of sp³-hybridized carbons (Fsp3) is 0.571. The van der Waals surface area contributed by atoms with E-state index in [9.17, 15) is 0 Å². The highest BCUT2D eigenvalue weighted by molar-refractivity contribution is 5.28. The fourth-order valence-corrected chi connectivity index (χ4v) is 2.38. The molecule has 0 radical (unpaired) electrons. The second kappa shape index (κ2) is 5.52. The van der Waals surface area contributed by atoms with Gasteiger partial charge in [0, 0.05) is 13.1 Å². The van der Waals surface area contributed by atoms with Crippen molar-refractivity contribution in [1.82, 2.24) is 5.32 Å². The first-order valence-corrected chi connectivity index (χ1v) is 6.32. The third-order valence-electron chi connectivity index (χ3n) is 3.81. The minimum absolute atomic E-state index is 0.374. The molecule has 3 nitrogen and oxygen atoms in total. The van der Waals surface area contributed by atoms with Gasteiger partial charge in [-0.05, 0) is 42.5 Å². The number of benzene rings is 1. The second-order valence-electron chi connectivity index (χ2n) is 5.01. The molecule has 0 bridgehead atoms. The molecule has 3 N–H and O–H groups in total. The molecule has 1 fully saturated rings. The van der Waals surface area contributed by atoms with Gasteiger partial charge in [-0.3, -0.25) is 0 Å². The number of nitrogens with two attached hydrogens (primary N) is 1. The zero-order chi connectivity index (χ0) is 12.1. The average molecular weight is 234 g/mol. The van der Waals surface area contributed by atoms with E-state index in [2.05, 4.69) is 17.4 Å².